The molecule has 0 saturated heterocycles. The van der Waals surface area contributed by atoms with E-state index in [0.717, 1.165) is 31.6 Å². The molecule has 19 heavy (non-hydrogen) atoms. The van der Waals surface area contributed by atoms with E-state index < -0.39 is 0 Å². The third kappa shape index (κ3) is 7.31. The Labute approximate surface area is 120 Å². The summed E-state index contributed by atoms with van der Waals surface area (Å²) in [6, 6.07) is 0. The Morgan fingerprint density at radius 1 is 1.00 bits per heavy atom. The van der Waals surface area contributed by atoms with Crippen molar-refractivity contribution in [3.05, 3.63) is 0 Å². The second-order valence-electron chi connectivity index (χ2n) is 7.28. The maximum absolute atomic E-state index is 5.66. The summed E-state index contributed by atoms with van der Waals surface area (Å²) in [7, 11) is 0. The second kappa shape index (κ2) is 8.97. The van der Waals surface area contributed by atoms with Crippen molar-refractivity contribution in [2.24, 2.45) is 17.3 Å². The molecule has 1 aliphatic carbocycles. The Morgan fingerprint density at radius 2 is 1.68 bits per heavy atom. The van der Waals surface area contributed by atoms with Crippen LogP contribution in [0.3, 0.4) is 0 Å². The zero-order chi connectivity index (χ0) is 14.1. The molecule has 1 saturated carbocycles. The third-order valence-electron chi connectivity index (χ3n) is 4.27. The molecular formula is C17H35NO. The van der Waals surface area contributed by atoms with Gasteiger partial charge >= 0.3 is 0 Å². The van der Waals surface area contributed by atoms with Crippen LogP contribution in [0.1, 0.15) is 66.2 Å². The molecule has 0 aromatic carbocycles. The fraction of sp³-hybridized carbons (Fsp3) is 1.00. The third-order valence-corrected chi connectivity index (χ3v) is 4.27. The normalized spacial score (nSPS) is 18.6. The van der Waals surface area contributed by atoms with E-state index in [2.05, 4.69) is 33.0 Å². The predicted octanol–water partition coefficient (Wildman–Crippen LogP) is 4.25. The smallest absolute Gasteiger partial charge is 0.0590 e. The summed E-state index contributed by atoms with van der Waals surface area (Å²) in [5.41, 5.74) is 0.589. The van der Waals surface area contributed by atoms with Gasteiger partial charge in [-0.1, -0.05) is 40.5 Å². The molecule has 1 fully saturated rings. The minimum atomic E-state index is 0.589. The van der Waals surface area contributed by atoms with Crippen LogP contribution >= 0.6 is 0 Å². The van der Waals surface area contributed by atoms with E-state index in [4.69, 9.17) is 4.74 Å². The van der Waals surface area contributed by atoms with Gasteiger partial charge in [-0.05, 0) is 42.9 Å². The first-order chi connectivity index (χ1) is 9.04. The zero-order valence-corrected chi connectivity index (χ0v) is 13.6. The van der Waals surface area contributed by atoms with Crippen LogP contribution in [0.25, 0.3) is 0 Å². The number of nitrogens with one attached hydrogen (secondary N) is 1. The topological polar surface area (TPSA) is 21.3 Å². The molecule has 0 amide bonds. The van der Waals surface area contributed by atoms with Gasteiger partial charge in [0, 0.05) is 19.7 Å². The Balaban J connectivity index is 2.09. The fourth-order valence-corrected chi connectivity index (χ4v) is 3.36. The zero-order valence-electron chi connectivity index (χ0n) is 13.6. The Morgan fingerprint density at radius 3 is 2.26 bits per heavy atom. The molecule has 1 rings (SSSR count). The van der Waals surface area contributed by atoms with Gasteiger partial charge in [0.2, 0.25) is 0 Å². The SMILES string of the molecule is CC(C)CCOCCNCC1(CC(C)C)CCCC1. The van der Waals surface area contributed by atoms with Crippen LogP contribution in [0.5, 0.6) is 0 Å². The van der Waals surface area contributed by atoms with Crippen molar-refractivity contribution >= 4 is 0 Å². The van der Waals surface area contributed by atoms with Crippen molar-refractivity contribution in [1.82, 2.24) is 5.32 Å². The Kier molecular flexibility index (Phi) is 8.01. The summed E-state index contributed by atoms with van der Waals surface area (Å²) in [5, 5.41) is 3.64. The van der Waals surface area contributed by atoms with Gasteiger partial charge in [0.05, 0.1) is 6.61 Å². The first-order valence-corrected chi connectivity index (χ1v) is 8.32. The molecule has 0 bridgehead atoms. The maximum Gasteiger partial charge on any atom is 0.0590 e. The number of rotatable bonds is 10. The van der Waals surface area contributed by atoms with Gasteiger partial charge in [-0.25, -0.2) is 0 Å². The molecule has 1 aliphatic rings. The van der Waals surface area contributed by atoms with Crippen molar-refractivity contribution in [3.63, 3.8) is 0 Å². The van der Waals surface area contributed by atoms with Gasteiger partial charge in [0.25, 0.3) is 0 Å². The van der Waals surface area contributed by atoms with Gasteiger partial charge in [-0.2, -0.15) is 0 Å². The van der Waals surface area contributed by atoms with Gasteiger partial charge in [-0.3, -0.25) is 0 Å². The molecule has 0 heterocycles. The molecule has 114 valence electrons. The molecule has 0 spiro atoms. The van der Waals surface area contributed by atoms with Crippen LogP contribution in [0.4, 0.5) is 0 Å². The fourth-order valence-electron chi connectivity index (χ4n) is 3.36. The summed E-state index contributed by atoms with van der Waals surface area (Å²) in [5.74, 6) is 1.57. The summed E-state index contributed by atoms with van der Waals surface area (Å²) in [6.07, 6.45) is 8.27. The van der Waals surface area contributed by atoms with E-state index in [1.165, 1.54) is 45.1 Å². The van der Waals surface area contributed by atoms with E-state index >= 15 is 0 Å². The molecule has 0 aliphatic heterocycles. The van der Waals surface area contributed by atoms with Gasteiger partial charge < -0.3 is 10.1 Å². The van der Waals surface area contributed by atoms with E-state index in [1.807, 2.05) is 0 Å². The van der Waals surface area contributed by atoms with E-state index in [0.29, 0.717) is 5.41 Å². The summed E-state index contributed by atoms with van der Waals surface area (Å²) >= 11 is 0. The summed E-state index contributed by atoms with van der Waals surface area (Å²) in [4.78, 5) is 0. The highest BCUT2D eigenvalue weighted by Gasteiger charge is 2.33. The first kappa shape index (κ1) is 17.0. The van der Waals surface area contributed by atoms with Gasteiger partial charge in [0.1, 0.15) is 0 Å². The van der Waals surface area contributed by atoms with Crippen LogP contribution in [0.2, 0.25) is 0 Å². The summed E-state index contributed by atoms with van der Waals surface area (Å²) in [6.45, 7) is 13.2. The number of ether oxygens (including phenoxy) is 1. The lowest BCUT2D eigenvalue weighted by Gasteiger charge is -2.31. The van der Waals surface area contributed by atoms with Gasteiger partial charge in [0.15, 0.2) is 0 Å². The lowest BCUT2D eigenvalue weighted by Crippen LogP contribution is -2.35. The van der Waals surface area contributed by atoms with E-state index in [1.54, 1.807) is 0 Å². The molecule has 0 radical (unpaired) electrons. The lowest BCUT2D eigenvalue weighted by atomic mass is 9.78. The molecular weight excluding hydrogens is 234 g/mol. The van der Waals surface area contributed by atoms with Crippen molar-refractivity contribution in [2.75, 3.05) is 26.3 Å². The van der Waals surface area contributed by atoms with Crippen LogP contribution in [-0.4, -0.2) is 26.3 Å². The van der Waals surface area contributed by atoms with Crippen molar-refractivity contribution in [2.45, 2.75) is 66.2 Å². The standard InChI is InChI=1S/C17H35NO/c1-15(2)7-11-19-12-10-18-14-17(13-16(3)4)8-5-6-9-17/h15-16,18H,5-14H2,1-4H3. The predicted molar refractivity (Wildman–Crippen MR) is 83.5 cm³/mol. The molecule has 0 unspecified atom stereocenters. The molecule has 1 N–H and O–H groups in total. The highest BCUT2D eigenvalue weighted by atomic mass is 16.5. The largest absolute Gasteiger partial charge is 0.380 e. The molecule has 2 heteroatoms. The minimum absolute atomic E-state index is 0.589. The van der Waals surface area contributed by atoms with Crippen LogP contribution in [-0.2, 0) is 4.74 Å². The van der Waals surface area contributed by atoms with E-state index in [-0.39, 0.29) is 0 Å². The van der Waals surface area contributed by atoms with Crippen LogP contribution < -0.4 is 5.32 Å². The molecule has 0 atom stereocenters. The number of hydrogen-bond acceptors (Lipinski definition) is 2. The molecule has 0 aromatic heterocycles. The quantitative estimate of drug-likeness (QED) is 0.599. The maximum atomic E-state index is 5.66. The Hall–Kier alpha value is -0.0800. The van der Waals surface area contributed by atoms with E-state index in [9.17, 15) is 0 Å². The van der Waals surface area contributed by atoms with Gasteiger partial charge in [-0.15, -0.1) is 0 Å². The lowest BCUT2D eigenvalue weighted by molar-refractivity contribution is 0.120. The monoisotopic (exact) mass is 269 g/mol. The molecule has 0 aromatic rings. The summed E-state index contributed by atoms with van der Waals surface area (Å²) < 4.78 is 5.66. The van der Waals surface area contributed by atoms with Crippen LogP contribution in [0, 0.1) is 17.3 Å². The highest BCUT2D eigenvalue weighted by Crippen LogP contribution is 2.42. The van der Waals surface area contributed by atoms with Crippen LogP contribution in [0.15, 0.2) is 0 Å². The average molecular weight is 269 g/mol. The average Bonchev–Trinajstić information content (AvgIpc) is 2.75. The van der Waals surface area contributed by atoms with Crippen molar-refractivity contribution in [3.8, 4) is 0 Å². The van der Waals surface area contributed by atoms with Crippen molar-refractivity contribution < 1.29 is 4.74 Å². The van der Waals surface area contributed by atoms with Crippen molar-refractivity contribution in [1.29, 1.82) is 0 Å². The highest BCUT2D eigenvalue weighted by molar-refractivity contribution is 4.87. The Bertz CT molecular complexity index is 219. The second-order valence-corrected chi connectivity index (χ2v) is 7.28. The number of hydrogen-bond donors (Lipinski definition) is 1. The minimum Gasteiger partial charge on any atom is -0.380 e. The first-order valence-electron chi connectivity index (χ1n) is 8.32. The molecule has 2 nitrogen and oxygen atoms in total.